The maximum atomic E-state index is 11.9. The van der Waals surface area contributed by atoms with Gasteiger partial charge in [-0.1, -0.05) is 37.1 Å². The monoisotopic (exact) mass is 323 g/mol. The minimum atomic E-state index is -0.364. The average molecular weight is 324 g/mol. The van der Waals surface area contributed by atoms with E-state index in [1.807, 2.05) is 19.1 Å². The van der Waals surface area contributed by atoms with Crippen molar-refractivity contribution in [3.8, 4) is 0 Å². The van der Waals surface area contributed by atoms with Crippen LogP contribution in [0, 0.1) is 0 Å². The summed E-state index contributed by atoms with van der Waals surface area (Å²) >= 11 is 5.91. The number of nitrogens with one attached hydrogen (secondary N) is 1. The van der Waals surface area contributed by atoms with E-state index < -0.39 is 0 Å². The molecule has 0 aromatic heterocycles. The molecule has 1 fully saturated rings. The van der Waals surface area contributed by atoms with E-state index in [0.29, 0.717) is 0 Å². The van der Waals surface area contributed by atoms with Crippen molar-refractivity contribution in [1.29, 1.82) is 0 Å². The number of carbonyl (C=O) groups excluding carboxylic acids is 1. The summed E-state index contributed by atoms with van der Waals surface area (Å²) in [5.41, 5.74) is 7.13. The third-order valence-electron chi connectivity index (χ3n) is 4.19. The Hall–Kier alpha value is -1.10. The van der Waals surface area contributed by atoms with Crippen LogP contribution in [-0.4, -0.2) is 36.0 Å². The van der Waals surface area contributed by atoms with Crippen LogP contribution in [0.4, 0.5) is 0 Å². The van der Waals surface area contributed by atoms with Crippen LogP contribution < -0.4 is 11.1 Å². The molecule has 2 rings (SSSR count). The summed E-state index contributed by atoms with van der Waals surface area (Å²) in [6, 6.07) is 7.90. The van der Waals surface area contributed by atoms with Gasteiger partial charge in [-0.15, -0.1) is 0 Å². The van der Waals surface area contributed by atoms with Crippen LogP contribution >= 0.6 is 11.6 Å². The Morgan fingerprint density at radius 3 is 2.59 bits per heavy atom. The second-order valence-electron chi connectivity index (χ2n) is 6.08. The van der Waals surface area contributed by atoms with Gasteiger partial charge < -0.3 is 11.1 Å². The summed E-state index contributed by atoms with van der Waals surface area (Å²) in [7, 11) is 0. The zero-order chi connectivity index (χ0) is 15.9. The maximum Gasteiger partial charge on any atom is 0.237 e. The molecule has 1 aliphatic rings. The number of carbonyl (C=O) groups is 1. The van der Waals surface area contributed by atoms with E-state index in [0.717, 1.165) is 50.3 Å². The molecule has 0 spiro atoms. The molecule has 1 heterocycles. The van der Waals surface area contributed by atoms with Crippen molar-refractivity contribution < 1.29 is 4.79 Å². The molecule has 1 aromatic carbocycles. The number of benzene rings is 1. The summed E-state index contributed by atoms with van der Waals surface area (Å²) in [6.45, 7) is 4.97. The van der Waals surface area contributed by atoms with Gasteiger partial charge in [0.1, 0.15) is 0 Å². The van der Waals surface area contributed by atoms with Crippen LogP contribution in [0.1, 0.15) is 38.2 Å². The number of hydrogen-bond acceptors (Lipinski definition) is 3. The Morgan fingerprint density at radius 2 is 2.00 bits per heavy atom. The number of nitrogens with two attached hydrogens (primary N) is 1. The normalized spacial score (nSPS) is 18.1. The van der Waals surface area contributed by atoms with Crippen LogP contribution in [0.15, 0.2) is 24.3 Å². The number of halogens is 1. The minimum Gasteiger partial charge on any atom is -0.352 e. The van der Waals surface area contributed by atoms with Crippen LogP contribution in [-0.2, 0) is 11.3 Å². The summed E-state index contributed by atoms with van der Waals surface area (Å²) in [5, 5.41) is 3.86. The molecule has 1 atom stereocenters. The molecule has 0 aliphatic carbocycles. The van der Waals surface area contributed by atoms with Gasteiger partial charge in [-0.2, -0.15) is 0 Å². The topological polar surface area (TPSA) is 58.4 Å². The Bertz CT molecular complexity index is 469. The predicted octanol–water partition coefficient (Wildman–Crippen LogP) is 2.55. The van der Waals surface area contributed by atoms with Gasteiger partial charge in [0.05, 0.1) is 6.04 Å². The van der Waals surface area contributed by atoms with Crippen molar-refractivity contribution >= 4 is 17.5 Å². The smallest absolute Gasteiger partial charge is 0.237 e. The van der Waals surface area contributed by atoms with Crippen molar-refractivity contribution in [3.63, 3.8) is 0 Å². The molecule has 0 bridgehead atoms. The molecule has 3 N–H and O–H groups in total. The molecule has 1 amide bonds. The zero-order valence-corrected chi connectivity index (χ0v) is 14.0. The standard InChI is InChI=1S/C17H26ClN3O/c1-2-3-16(19)17(22)20-15-8-10-21(11-9-15)12-13-4-6-14(18)7-5-13/h4-7,15-16H,2-3,8-12,19H2,1H3,(H,20,22). The highest BCUT2D eigenvalue weighted by Crippen LogP contribution is 2.16. The molecule has 4 nitrogen and oxygen atoms in total. The van der Waals surface area contributed by atoms with Gasteiger partial charge in [-0.3, -0.25) is 9.69 Å². The van der Waals surface area contributed by atoms with Crippen molar-refractivity contribution in [2.75, 3.05) is 13.1 Å². The number of hydrogen-bond donors (Lipinski definition) is 2. The second-order valence-corrected chi connectivity index (χ2v) is 6.52. The number of likely N-dealkylation sites (tertiary alicyclic amines) is 1. The molecular formula is C17H26ClN3O. The second kappa shape index (κ2) is 8.51. The Balaban J connectivity index is 1.73. The van der Waals surface area contributed by atoms with Gasteiger partial charge in [0.15, 0.2) is 0 Å². The lowest BCUT2D eigenvalue weighted by Crippen LogP contribution is -2.49. The van der Waals surface area contributed by atoms with Gasteiger partial charge in [0.2, 0.25) is 5.91 Å². The highest BCUT2D eigenvalue weighted by Gasteiger charge is 2.22. The molecule has 0 saturated carbocycles. The first-order chi connectivity index (χ1) is 10.6. The molecule has 22 heavy (non-hydrogen) atoms. The molecule has 122 valence electrons. The first-order valence-corrected chi connectivity index (χ1v) is 8.49. The highest BCUT2D eigenvalue weighted by atomic mass is 35.5. The maximum absolute atomic E-state index is 11.9. The molecule has 1 unspecified atom stereocenters. The van der Waals surface area contributed by atoms with Gasteiger partial charge >= 0.3 is 0 Å². The molecule has 5 heteroatoms. The van der Waals surface area contributed by atoms with Crippen molar-refractivity contribution in [2.24, 2.45) is 5.73 Å². The number of nitrogens with zero attached hydrogens (tertiary/aromatic N) is 1. The van der Waals surface area contributed by atoms with Crippen molar-refractivity contribution in [1.82, 2.24) is 10.2 Å². The Kier molecular flexibility index (Phi) is 6.68. The number of amides is 1. The Labute approximate surface area is 138 Å². The van der Waals surface area contributed by atoms with Crippen LogP contribution in [0.5, 0.6) is 0 Å². The van der Waals surface area contributed by atoms with E-state index in [1.54, 1.807) is 0 Å². The van der Waals surface area contributed by atoms with E-state index in [4.69, 9.17) is 17.3 Å². The van der Waals surface area contributed by atoms with Gasteiger partial charge in [-0.25, -0.2) is 0 Å². The third-order valence-corrected chi connectivity index (χ3v) is 4.44. The first kappa shape index (κ1) is 17.3. The number of rotatable bonds is 6. The Morgan fingerprint density at radius 1 is 1.36 bits per heavy atom. The van der Waals surface area contributed by atoms with E-state index in [1.165, 1.54) is 5.56 Å². The zero-order valence-electron chi connectivity index (χ0n) is 13.2. The van der Waals surface area contributed by atoms with Crippen molar-refractivity contribution in [3.05, 3.63) is 34.9 Å². The lowest BCUT2D eigenvalue weighted by Gasteiger charge is -2.32. The molecule has 0 radical (unpaired) electrons. The van der Waals surface area contributed by atoms with Crippen LogP contribution in [0.25, 0.3) is 0 Å². The quantitative estimate of drug-likeness (QED) is 0.846. The lowest BCUT2D eigenvalue weighted by atomic mass is 10.0. The van der Waals surface area contributed by atoms with Gasteiger partial charge in [0.25, 0.3) is 0 Å². The molecule has 1 saturated heterocycles. The van der Waals surface area contributed by atoms with E-state index >= 15 is 0 Å². The minimum absolute atomic E-state index is 0.00185. The van der Waals surface area contributed by atoms with E-state index in [2.05, 4.69) is 22.3 Å². The fourth-order valence-electron chi connectivity index (χ4n) is 2.83. The van der Waals surface area contributed by atoms with E-state index in [9.17, 15) is 4.79 Å². The largest absolute Gasteiger partial charge is 0.352 e. The van der Waals surface area contributed by atoms with Crippen LogP contribution in [0.3, 0.4) is 0 Å². The summed E-state index contributed by atoms with van der Waals surface area (Å²) < 4.78 is 0. The average Bonchev–Trinajstić information content (AvgIpc) is 2.51. The molecule has 1 aliphatic heterocycles. The number of piperidine rings is 1. The van der Waals surface area contributed by atoms with Gasteiger partial charge in [-0.05, 0) is 37.0 Å². The van der Waals surface area contributed by atoms with Crippen LogP contribution in [0.2, 0.25) is 5.02 Å². The first-order valence-electron chi connectivity index (χ1n) is 8.11. The van der Waals surface area contributed by atoms with Gasteiger partial charge in [0, 0.05) is 30.7 Å². The molecular weight excluding hydrogens is 298 g/mol. The SMILES string of the molecule is CCCC(N)C(=O)NC1CCN(Cc2ccc(Cl)cc2)CC1. The summed E-state index contributed by atoms with van der Waals surface area (Å²) in [5.74, 6) is -0.00185. The van der Waals surface area contributed by atoms with E-state index in [-0.39, 0.29) is 18.0 Å². The summed E-state index contributed by atoms with van der Waals surface area (Å²) in [6.07, 6.45) is 3.66. The summed E-state index contributed by atoms with van der Waals surface area (Å²) in [4.78, 5) is 14.4. The predicted molar refractivity (Wildman–Crippen MR) is 90.8 cm³/mol. The lowest BCUT2D eigenvalue weighted by molar-refractivity contribution is -0.123. The van der Waals surface area contributed by atoms with Crippen molar-refractivity contribution in [2.45, 2.75) is 51.2 Å². The third kappa shape index (κ3) is 5.27. The fraction of sp³-hybridized carbons (Fsp3) is 0.588. The highest BCUT2D eigenvalue weighted by molar-refractivity contribution is 6.30. The molecule has 1 aromatic rings. The fourth-order valence-corrected chi connectivity index (χ4v) is 2.96.